The summed E-state index contributed by atoms with van der Waals surface area (Å²) < 4.78 is 46.8. The van der Waals surface area contributed by atoms with Crippen LogP contribution in [0.3, 0.4) is 0 Å². The van der Waals surface area contributed by atoms with Crippen molar-refractivity contribution < 1.29 is 23.0 Å². The zero-order chi connectivity index (χ0) is 21.3. The molecule has 1 aromatic carbocycles. The number of halogens is 2. The van der Waals surface area contributed by atoms with Crippen LogP contribution in [0.2, 0.25) is 5.02 Å². The monoisotopic (exact) mass is 433 g/mol. The molecule has 1 saturated heterocycles. The quantitative estimate of drug-likeness (QED) is 0.513. The van der Waals surface area contributed by atoms with Crippen molar-refractivity contribution in [1.82, 2.24) is 4.72 Å². The molecular weight excluding hydrogens is 404 g/mol. The highest BCUT2D eigenvalue weighted by Gasteiger charge is 2.55. The number of ether oxygens (including phenoxy) is 1. The Bertz CT molecular complexity index is 670. The molecule has 0 aliphatic carbocycles. The lowest BCUT2D eigenvalue weighted by molar-refractivity contribution is 0.00578. The predicted molar refractivity (Wildman–Crippen MR) is 112 cm³/mol. The predicted octanol–water partition coefficient (Wildman–Crippen LogP) is 4.30. The topological polar surface area (TPSA) is 62.8 Å². The summed E-state index contributed by atoms with van der Waals surface area (Å²) in [5.74, 6) is -0.515. The van der Waals surface area contributed by atoms with Crippen molar-refractivity contribution in [2.24, 2.45) is 0 Å². The van der Waals surface area contributed by atoms with Crippen LogP contribution in [0.1, 0.15) is 54.9 Å². The zero-order valence-corrected chi connectivity index (χ0v) is 19.2. The van der Waals surface area contributed by atoms with Gasteiger partial charge in [-0.05, 0) is 67.0 Å². The maximum absolute atomic E-state index is 13.6. The summed E-state index contributed by atoms with van der Waals surface area (Å²) in [5.41, 5.74) is -0.998. The van der Waals surface area contributed by atoms with Gasteiger partial charge in [0.15, 0.2) is 0 Å². The SMILES string of the molecule is CC(C)(C)[S+]([O-])N[C@@H](CCOc1ccc(Cl)c(F)c1)B1OC(C)(C)C(C)(C)O1. The molecule has 0 aromatic heterocycles. The number of rotatable bonds is 7. The molecule has 5 nitrogen and oxygen atoms in total. The molecule has 1 fully saturated rings. The van der Waals surface area contributed by atoms with E-state index < -0.39 is 40.2 Å². The Morgan fingerprint density at radius 3 is 2.32 bits per heavy atom. The fourth-order valence-corrected chi connectivity index (χ4v) is 3.46. The van der Waals surface area contributed by atoms with E-state index >= 15 is 0 Å². The van der Waals surface area contributed by atoms with Crippen LogP contribution < -0.4 is 9.46 Å². The Hall–Kier alpha value is -0.505. The molecule has 0 amide bonds. The lowest BCUT2D eigenvalue weighted by atomic mass is 9.77. The van der Waals surface area contributed by atoms with E-state index in [0.29, 0.717) is 12.2 Å². The lowest BCUT2D eigenvalue weighted by Gasteiger charge is -2.32. The van der Waals surface area contributed by atoms with Crippen molar-refractivity contribution in [3.05, 3.63) is 29.0 Å². The number of hydrogen-bond acceptors (Lipinski definition) is 5. The molecule has 2 atom stereocenters. The number of nitrogens with one attached hydrogen (secondary N) is 1. The van der Waals surface area contributed by atoms with Crippen molar-refractivity contribution in [2.75, 3.05) is 6.61 Å². The molecule has 158 valence electrons. The van der Waals surface area contributed by atoms with E-state index in [0.717, 1.165) is 0 Å². The Kier molecular flexibility index (Phi) is 7.38. The highest BCUT2D eigenvalue weighted by Crippen LogP contribution is 2.38. The molecule has 0 spiro atoms. The van der Waals surface area contributed by atoms with E-state index in [2.05, 4.69) is 4.72 Å². The summed E-state index contributed by atoms with van der Waals surface area (Å²) in [5, 5.41) is 0.0460. The molecule has 1 heterocycles. The summed E-state index contributed by atoms with van der Waals surface area (Å²) in [6, 6.07) is 4.30. The highest BCUT2D eigenvalue weighted by atomic mass is 35.5. The molecule has 28 heavy (non-hydrogen) atoms. The van der Waals surface area contributed by atoms with Crippen molar-refractivity contribution >= 4 is 30.1 Å². The molecule has 0 bridgehead atoms. The summed E-state index contributed by atoms with van der Waals surface area (Å²) in [6.45, 7) is 13.8. The van der Waals surface area contributed by atoms with Gasteiger partial charge in [-0.1, -0.05) is 11.6 Å². The van der Waals surface area contributed by atoms with Gasteiger partial charge in [0.2, 0.25) is 0 Å². The molecular formula is C19H30BClFNO4S. The second kappa shape index (κ2) is 8.70. The number of hydrogen-bond donors (Lipinski definition) is 1. The van der Waals surface area contributed by atoms with Gasteiger partial charge in [0.25, 0.3) is 0 Å². The van der Waals surface area contributed by atoms with Crippen LogP contribution in [0, 0.1) is 5.82 Å². The summed E-state index contributed by atoms with van der Waals surface area (Å²) in [6.07, 6.45) is 0.461. The molecule has 1 aromatic rings. The van der Waals surface area contributed by atoms with Gasteiger partial charge < -0.3 is 18.6 Å². The van der Waals surface area contributed by atoms with E-state index in [4.69, 9.17) is 25.6 Å². The third-order valence-corrected chi connectivity index (χ3v) is 6.94. The van der Waals surface area contributed by atoms with Gasteiger partial charge in [-0.2, -0.15) is 0 Å². The standard InChI is InChI=1S/C19H30BClFNO4S/c1-17(2,3)28(24)23-16(20-26-18(4,5)19(6,7)27-20)10-11-25-13-8-9-14(21)15(22)12-13/h8-9,12,16,23H,10-11H2,1-7H3/t16-,28?/m0/s1. The first kappa shape index (κ1) is 23.8. The van der Waals surface area contributed by atoms with E-state index in [-0.39, 0.29) is 17.6 Å². The van der Waals surface area contributed by atoms with Gasteiger partial charge in [0.1, 0.15) is 16.3 Å². The first-order valence-electron chi connectivity index (χ1n) is 9.34. The highest BCUT2D eigenvalue weighted by molar-refractivity contribution is 7.90. The molecule has 9 heteroatoms. The fourth-order valence-electron chi connectivity index (χ4n) is 2.49. The van der Waals surface area contributed by atoms with E-state index in [1.807, 2.05) is 48.5 Å². The van der Waals surface area contributed by atoms with E-state index in [9.17, 15) is 8.94 Å². The van der Waals surface area contributed by atoms with Crippen molar-refractivity contribution in [3.63, 3.8) is 0 Å². The smallest absolute Gasteiger partial charge is 0.480 e. The van der Waals surface area contributed by atoms with Crippen molar-refractivity contribution in [1.29, 1.82) is 0 Å². The minimum absolute atomic E-state index is 0.0460. The van der Waals surface area contributed by atoms with Gasteiger partial charge in [-0.15, -0.1) is 4.72 Å². The van der Waals surface area contributed by atoms with Gasteiger partial charge in [0.05, 0.1) is 28.8 Å². The Labute approximate surface area is 176 Å². The van der Waals surface area contributed by atoms with Crippen molar-refractivity contribution in [2.45, 2.75) is 76.8 Å². The van der Waals surface area contributed by atoms with Gasteiger partial charge in [0, 0.05) is 17.4 Å². The lowest BCUT2D eigenvalue weighted by Crippen LogP contribution is -2.52. The second-order valence-electron chi connectivity index (χ2n) is 8.94. The maximum Gasteiger partial charge on any atom is 0.480 e. The third-order valence-electron chi connectivity index (χ3n) is 5.00. The third kappa shape index (κ3) is 5.77. The molecule has 1 N–H and O–H groups in total. The molecule has 2 rings (SSSR count). The molecule has 1 aliphatic rings. The summed E-state index contributed by atoms with van der Waals surface area (Å²) >= 11 is 4.39. The molecule has 0 radical (unpaired) electrons. The van der Waals surface area contributed by atoms with Crippen LogP contribution in [-0.2, 0) is 20.7 Å². The molecule has 1 aliphatic heterocycles. The maximum atomic E-state index is 13.6. The normalized spacial score (nSPS) is 20.9. The Morgan fingerprint density at radius 2 is 1.82 bits per heavy atom. The average Bonchev–Trinajstić information content (AvgIpc) is 2.76. The van der Waals surface area contributed by atoms with E-state index in [1.54, 1.807) is 6.07 Å². The molecule has 1 unspecified atom stereocenters. The van der Waals surface area contributed by atoms with Crippen LogP contribution in [-0.4, -0.2) is 40.2 Å². The minimum Gasteiger partial charge on any atom is -0.598 e. The Morgan fingerprint density at radius 1 is 1.25 bits per heavy atom. The number of benzene rings is 1. The summed E-state index contributed by atoms with van der Waals surface area (Å²) in [4.78, 5) is 0. The van der Waals surface area contributed by atoms with Crippen LogP contribution in [0.4, 0.5) is 4.39 Å². The van der Waals surface area contributed by atoms with Crippen LogP contribution in [0.25, 0.3) is 0 Å². The Balaban J connectivity index is 2.07. The van der Waals surface area contributed by atoms with E-state index in [1.165, 1.54) is 12.1 Å². The first-order chi connectivity index (χ1) is 12.7. The average molecular weight is 434 g/mol. The first-order valence-corrected chi connectivity index (χ1v) is 10.9. The van der Waals surface area contributed by atoms with Crippen molar-refractivity contribution in [3.8, 4) is 5.75 Å². The van der Waals surface area contributed by atoms with Crippen LogP contribution >= 0.6 is 11.6 Å². The van der Waals surface area contributed by atoms with Crippen LogP contribution in [0.5, 0.6) is 5.75 Å². The minimum atomic E-state index is -1.31. The second-order valence-corrected chi connectivity index (χ2v) is 11.3. The zero-order valence-electron chi connectivity index (χ0n) is 17.6. The van der Waals surface area contributed by atoms with Crippen LogP contribution in [0.15, 0.2) is 18.2 Å². The largest absolute Gasteiger partial charge is 0.598 e. The van der Waals surface area contributed by atoms with Gasteiger partial charge in [-0.3, -0.25) is 0 Å². The fraction of sp³-hybridized carbons (Fsp3) is 0.684. The van der Waals surface area contributed by atoms with Gasteiger partial charge in [-0.25, -0.2) is 4.39 Å². The molecule has 0 saturated carbocycles. The summed E-state index contributed by atoms with van der Waals surface area (Å²) in [7, 11) is -0.582. The van der Waals surface area contributed by atoms with Gasteiger partial charge >= 0.3 is 7.12 Å².